The molecule has 0 N–H and O–H groups in total. The number of nitro benzene ring substituents is 1. The molecule has 0 aliphatic carbocycles. The fourth-order valence-electron chi connectivity index (χ4n) is 0.796. The van der Waals surface area contributed by atoms with Crippen molar-refractivity contribution >= 4 is 40.9 Å². The Morgan fingerprint density at radius 2 is 2.17 bits per heavy atom. The molecule has 0 aliphatic rings. The zero-order valence-electron chi connectivity index (χ0n) is 6.24. The van der Waals surface area contributed by atoms with Crippen LogP contribution in [0, 0.1) is 20.6 Å². The summed E-state index contributed by atoms with van der Waals surface area (Å²) in [5, 5.41) is 10.5. The molecular weight excluding hydrogens is 289 g/mol. The maximum absolute atomic E-state index is 10.5. The molecule has 12 heavy (non-hydrogen) atoms. The topological polar surface area (TPSA) is 43.1 Å². The first-order valence-electron chi connectivity index (χ1n) is 3.16. The lowest BCUT2D eigenvalue weighted by Gasteiger charge is -2.00. The monoisotopic (exact) mass is 295 g/mol. The second-order valence-electron chi connectivity index (χ2n) is 2.35. The third-order valence-electron chi connectivity index (χ3n) is 1.46. The summed E-state index contributed by atoms with van der Waals surface area (Å²) in [4.78, 5) is 10.9. The average molecular weight is 295 g/mol. The van der Waals surface area contributed by atoms with Crippen molar-refractivity contribution in [2.24, 2.45) is 0 Å². The van der Waals surface area contributed by atoms with Crippen molar-refractivity contribution in [1.82, 2.24) is 0 Å². The van der Waals surface area contributed by atoms with E-state index in [0.717, 1.165) is 10.5 Å². The molecule has 0 saturated carbocycles. The van der Waals surface area contributed by atoms with Gasteiger partial charge in [0.1, 0.15) is 0 Å². The summed E-state index contributed by atoms with van der Waals surface area (Å²) in [5.41, 5.74) is 0.969. The van der Waals surface area contributed by atoms with Gasteiger partial charge in [-0.2, -0.15) is 0 Å². The number of benzene rings is 1. The maximum Gasteiger partial charge on any atom is 0.282 e. The number of nitro groups is 1. The molecule has 0 aromatic heterocycles. The van der Waals surface area contributed by atoms with Crippen molar-refractivity contribution < 1.29 is 4.92 Å². The number of aryl methyl sites for hydroxylation is 1. The highest BCUT2D eigenvalue weighted by molar-refractivity contribution is 14.1. The van der Waals surface area contributed by atoms with Gasteiger partial charge in [0, 0.05) is 11.0 Å². The minimum Gasteiger partial charge on any atom is -0.258 e. The van der Waals surface area contributed by atoms with E-state index in [1.54, 1.807) is 13.0 Å². The van der Waals surface area contributed by atoms with Crippen LogP contribution in [0.2, 0.25) is 0 Å². The first kappa shape index (κ1) is 9.79. The molecule has 64 valence electrons. The van der Waals surface area contributed by atoms with E-state index in [0.29, 0.717) is 3.57 Å². The second-order valence-corrected chi connectivity index (χ2v) is 3.99. The lowest BCUT2D eigenvalue weighted by atomic mass is 10.2. The third-order valence-corrected chi connectivity index (χ3v) is 2.81. The molecule has 5 heteroatoms. The fraction of sp³-hybridized carbons (Fsp3) is 0.143. The Kier molecular flexibility index (Phi) is 2.94. The van der Waals surface area contributed by atoms with Crippen LogP contribution in [-0.2, 0) is 0 Å². The van der Waals surface area contributed by atoms with E-state index in [-0.39, 0.29) is 10.6 Å². The Bertz CT molecular complexity index is 340. The van der Waals surface area contributed by atoms with Gasteiger partial charge in [0.2, 0.25) is 0 Å². The Hall–Kier alpha value is -0.300. The van der Waals surface area contributed by atoms with Gasteiger partial charge in [-0.1, -0.05) is 0 Å². The number of nitrogens with zero attached hydrogens (tertiary/aromatic N) is 1. The Morgan fingerprint density at radius 3 is 2.67 bits per heavy atom. The van der Waals surface area contributed by atoms with E-state index in [1.807, 2.05) is 22.6 Å². The molecule has 0 saturated heterocycles. The molecule has 0 atom stereocenters. The van der Waals surface area contributed by atoms with E-state index in [2.05, 4.69) is 12.6 Å². The second kappa shape index (κ2) is 3.61. The number of rotatable bonds is 1. The average Bonchev–Trinajstić information content (AvgIpc) is 1.96. The van der Waals surface area contributed by atoms with Crippen molar-refractivity contribution in [3.05, 3.63) is 31.4 Å². The fourth-order valence-corrected chi connectivity index (χ4v) is 1.90. The first-order chi connectivity index (χ1) is 5.52. The molecule has 0 bridgehead atoms. The normalized spacial score (nSPS) is 9.92. The highest BCUT2D eigenvalue weighted by atomic mass is 127. The van der Waals surface area contributed by atoms with Crippen molar-refractivity contribution in [2.45, 2.75) is 11.8 Å². The molecule has 0 spiro atoms. The van der Waals surface area contributed by atoms with Crippen LogP contribution in [0.25, 0.3) is 0 Å². The lowest BCUT2D eigenvalue weighted by molar-refractivity contribution is -0.385. The molecule has 0 heterocycles. The van der Waals surface area contributed by atoms with E-state index < -0.39 is 0 Å². The van der Waals surface area contributed by atoms with Crippen LogP contribution in [0.5, 0.6) is 0 Å². The van der Waals surface area contributed by atoms with Gasteiger partial charge in [0.15, 0.2) is 0 Å². The summed E-state index contributed by atoms with van der Waals surface area (Å²) >= 11 is 6.08. The first-order valence-corrected chi connectivity index (χ1v) is 4.68. The standard InChI is InChI=1S/C7H6INO2S/c1-4-2-6(9(10)11)5(8)3-7(4)12/h2-3,12H,1H3. The maximum atomic E-state index is 10.5. The van der Waals surface area contributed by atoms with Gasteiger partial charge in [0.25, 0.3) is 5.69 Å². The van der Waals surface area contributed by atoms with E-state index in [4.69, 9.17) is 0 Å². The van der Waals surface area contributed by atoms with Gasteiger partial charge in [-0.05, 0) is 41.1 Å². The van der Waals surface area contributed by atoms with Crippen LogP contribution < -0.4 is 0 Å². The zero-order chi connectivity index (χ0) is 9.30. The van der Waals surface area contributed by atoms with Crippen LogP contribution in [-0.4, -0.2) is 4.92 Å². The molecule has 0 radical (unpaired) electrons. The largest absolute Gasteiger partial charge is 0.282 e. The number of hydrogen-bond acceptors (Lipinski definition) is 3. The predicted octanol–water partition coefficient (Wildman–Crippen LogP) is 2.80. The Labute approximate surface area is 88.9 Å². The van der Waals surface area contributed by atoms with E-state index in [9.17, 15) is 10.1 Å². The smallest absolute Gasteiger partial charge is 0.258 e. The van der Waals surface area contributed by atoms with Crippen molar-refractivity contribution in [2.75, 3.05) is 0 Å². The summed E-state index contributed by atoms with van der Waals surface area (Å²) < 4.78 is 0.619. The van der Waals surface area contributed by atoms with Crippen LogP contribution in [0.3, 0.4) is 0 Å². The van der Waals surface area contributed by atoms with E-state index >= 15 is 0 Å². The molecule has 3 nitrogen and oxygen atoms in total. The van der Waals surface area contributed by atoms with Gasteiger partial charge in [-0.15, -0.1) is 12.6 Å². The van der Waals surface area contributed by atoms with Gasteiger partial charge in [0.05, 0.1) is 8.49 Å². The molecule has 0 aliphatic heterocycles. The predicted molar refractivity (Wildman–Crippen MR) is 57.8 cm³/mol. The molecule has 0 fully saturated rings. The van der Waals surface area contributed by atoms with Crippen molar-refractivity contribution in [3.63, 3.8) is 0 Å². The number of thiol groups is 1. The highest BCUT2D eigenvalue weighted by Crippen LogP contribution is 2.26. The summed E-state index contributed by atoms with van der Waals surface area (Å²) in [5.74, 6) is 0. The van der Waals surface area contributed by atoms with Crippen LogP contribution in [0.1, 0.15) is 5.56 Å². The Morgan fingerprint density at radius 1 is 1.58 bits per heavy atom. The number of hydrogen-bond donors (Lipinski definition) is 1. The van der Waals surface area contributed by atoms with E-state index in [1.165, 1.54) is 6.07 Å². The van der Waals surface area contributed by atoms with Gasteiger partial charge >= 0.3 is 0 Å². The highest BCUT2D eigenvalue weighted by Gasteiger charge is 2.12. The Balaban J connectivity index is 3.33. The lowest BCUT2D eigenvalue weighted by Crippen LogP contribution is -1.92. The summed E-state index contributed by atoms with van der Waals surface area (Å²) in [7, 11) is 0. The quantitative estimate of drug-likeness (QED) is 0.375. The van der Waals surface area contributed by atoms with Gasteiger partial charge in [-0.25, -0.2) is 0 Å². The van der Waals surface area contributed by atoms with Crippen LogP contribution in [0.15, 0.2) is 17.0 Å². The molecule has 1 aromatic rings. The number of halogens is 1. The van der Waals surface area contributed by atoms with Gasteiger partial charge in [-0.3, -0.25) is 10.1 Å². The summed E-state index contributed by atoms with van der Waals surface area (Å²) in [6.45, 7) is 1.80. The minimum absolute atomic E-state index is 0.144. The van der Waals surface area contributed by atoms with Gasteiger partial charge < -0.3 is 0 Å². The SMILES string of the molecule is Cc1cc([N+](=O)[O-])c(I)cc1S. The molecular formula is C7H6INO2S. The third kappa shape index (κ3) is 1.89. The summed E-state index contributed by atoms with van der Waals surface area (Å²) in [6, 6.07) is 3.22. The molecule has 1 rings (SSSR count). The molecule has 0 amide bonds. The van der Waals surface area contributed by atoms with Crippen LogP contribution in [0.4, 0.5) is 5.69 Å². The minimum atomic E-state index is -0.387. The molecule has 1 aromatic carbocycles. The summed E-state index contributed by atoms with van der Waals surface area (Å²) in [6.07, 6.45) is 0. The molecule has 0 unspecified atom stereocenters. The van der Waals surface area contributed by atoms with Crippen molar-refractivity contribution in [3.8, 4) is 0 Å². The van der Waals surface area contributed by atoms with Crippen molar-refractivity contribution in [1.29, 1.82) is 0 Å². The van der Waals surface area contributed by atoms with Crippen LogP contribution >= 0.6 is 35.2 Å². The zero-order valence-corrected chi connectivity index (χ0v) is 9.30.